The minimum Gasteiger partial charge on any atom is -0.484 e. The maximum Gasteiger partial charge on any atom is 0.191 e. The summed E-state index contributed by atoms with van der Waals surface area (Å²) in [4.78, 5) is 0. The number of benzene rings is 3. The molecule has 1 aromatic heterocycles. The van der Waals surface area contributed by atoms with Gasteiger partial charge < -0.3 is 9.30 Å². The van der Waals surface area contributed by atoms with Gasteiger partial charge in [-0.1, -0.05) is 96.2 Å². The Morgan fingerprint density at radius 3 is 2.07 bits per heavy atom. The van der Waals surface area contributed by atoms with Gasteiger partial charge in [0.2, 0.25) is 0 Å². The van der Waals surface area contributed by atoms with Gasteiger partial charge in [-0.15, -0.1) is 10.2 Å². The van der Waals surface area contributed by atoms with E-state index in [1.54, 1.807) is 17.8 Å². The van der Waals surface area contributed by atoms with E-state index in [4.69, 9.17) is 16.3 Å². The zero-order valence-corrected chi connectivity index (χ0v) is 17.5. The highest BCUT2D eigenvalue weighted by Crippen LogP contribution is 2.39. The molecule has 0 saturated heterocycles. The van der Waals surface area contributed by atoms with Crippen molar-refractivity contribution in [3.8, 4) is 5.75 Å². The highest BCUT2D eigenvalue weighted by Gasteiger charge is 2.20. The Morgan fingerprint density at radius 2 is 1.45 bits per heavy atom. The van der Waals surface area contributed by atoms with Gasteiger partial charge in [0.1, 0.15) is 12.4 Å². The molecule has 0 fully saturated rings. The van der Waals surface area contributed by atoms with Crippen molar-refractivity contribution in [3.63, 3.8) is 0 Å². The Kier molecular flexibility index (Phi) is 6.17. The first-order chi connectivity index (χ1) is 14.2. The molecule has 0 bridgehead atoms. The summed E-state index contributed by atoms with van der Waals surface area (Å²) >= 11 is 7.84. The molecule has 0 saturated carbocycles. The summed E-state index contributed by atoms with van der Waals surface area (Å²) in [5.74, 6) is 1.38. The number of rotatable bonds is 7. The van der Waals surface area contributed by atoms with E-state index in [1.807, 2.05) is 41.9 Å². The smallest absolute Gasteiger partial charge is 0.191 e. The fraction of sp³-hybridized carbons (Fsp3) is 0.130. The molecular weight excluding hydrogens is 402 g/mol. The van der Waals surface area contributed by atoms with Crippen LogP contribution in [0.5, 0.6) is 5.75 Å². The summed E-state index contributed by atoms with van der Waals surface area (Å²) in [6.45, 7) is 0.301. The minimum atomic E-state index is 0.123. The van der Waals surface area contributed by atoms with E-state index in [-0.39, 0.29) is 5.25 Å². The number of ether oxygens (including phenoxy) is 1. The molecule has 6 heteroatoms. The molecule has 0 aliphatic heterocycles. The van der Waals surface area contributed by atoms with E-state index in [0.29, 0.717) is 17.4 Å². The van der Waals surface area contributed by atoms with E-state index in [0.717, 1.165) is 11.0 Å². The van der Waals surface area contributed by atoms with E-state index < -0.39 is 0 Å². The minimum absolute atomic E-state index is 0.123. The number of para-hydroxylation sites is 1. The van der Waals surface area contributed by atoms with Gasteiger partial charge in [-0.05, 0) is 23.3 Å². The van der Waals surface area contributed by atoms with Crippen LogP contribution in [-0.4, -0.2) is 14.8 Å². The summed E-state index contributed by atoms with van der Waals surface area (Å²) in [5.41, 5.74) is 2.45. The van der Waals surface area contributed by atoms with Crippen LogP contribution in [0.15, 0.2) is 90.1 Å². The Labute approximate surface area is 179 Å². The fourth-order valence-electron chi connectivity index (χ4n) is 2.97. The van der Waals surface area contributed by atoms with Gasteiger partial charge in [0.15, 0.2) is 11.0 Å². The average molecular weight is 422 g/mol. The van der Waals surface area contributed by atoms with Crippen molar-refractivity contribution >= 4 is 23.4 Å². The number of aromatic nitrogens is 3. The van der Waals surface area contributed by atoms with Crippen LogP contribution in [0.4, 0.5) is 0 Å². The fourth-order valence-corrected chi connectivity index (χ4v) is 4.31. The third-order valence-electron chi connectivity index (χ3n) is 4.55. The van der Waals surface area contributed by atoms with Crippen molar-refractivity contribution in [3.05, 3.63) is 107 Å². The first-order valence-electron chi connectivity index (χ1n) is 9.24. The number of hydrogen-bond acceptors (Lipinski definition) is 4. The third kappa shape index (κ3) is 4.63. The van der Waals surface area contributed by atoms with E-state index >= 15 is 0 Å². The van der Waals surface area contributed by atoms with Crippen molar-refractivity contribution in [2.24, 2.45) is 7.05 Å². The molecule has 146 valence electrons. The lowest BCUT2D eigenvalue weighted by Crippen LogP contribution is -2.05. The molecule has 1 heterocycles. The topological polar surface area (TPSA) is 39.9 Å². The Bertz CT molecular complexity index is 1030. The van der Waals surface area contributed by atoms with Crippen LogP contribution in [-0.2, 0) is 13.7 Å². The molecule has 4 aromatic rings. The molecule has 4 rings (SSSR count). The zero-order chi connectivity index (χ0) is 20.1. The lowest BCUT2D eigenvalue weighted by molar-refractivity contribution is 0.290. The second-order valence-corrected chi connectivity index (χ2v) is 7.98. The van der Waals surface area contributed by atoms with Gasteiger partial charge in [0.05, 0.1) is 10.3 Å². The number of thioether (sulfide) groups is 1. The van der Waals surface area contributed by atoms with E-state index in [2.05, 4.69) is 58.7 Å². The van der Waals surface area contributed by atoms with Crippen molar-refractivity contribution in [1.82, 2.24) is 14.8 Å². The normalized spacial score (nSPS) is 11.0. The molecule has 0 N–H and O–H groups in total. The number of hydrogen-bond donors (Lipinski definition) is 0. The van der Waals surface area contributed by atoms with Gasteiger partial charge >= 0.3 is 0 Å². The molecule has 0 aliphatic rings. The van der Waals surface area contributed by atoms with Gasteiger partial charge in [-0.2, -0.15) is 0 Å². The van der Waals surface area contributed by atoms with Crippen molar-refractivity contribution in [2.45, 2.75) is 17.0 Å². The Hall–Kier alpha value is -2.76. The van der Waals surface area contributed by atoms with E-state index in [9.17, 15) is 0 Å². The highest BCUT2D eigenvalue weighted by molar-refractivity contribution is 7.99. The van der Waals surface area contributed by atoms with Gasteiger partial charge in [0, 0.05) is 7.05 Å². The summed E-state index contributed by atoms with van der Waals surface area (Å²) in [7, 11) is 1.96. The Morgan fingerprint density at radius 1 is 0.862 bits per heavy atom. The average Bonchev–Trinajstić information content (AvgIpc) is 3.12. The highest BCUT2D eigenvalue weighted by atomic mass is 35.5. The van der Waals surface area contributed by atoms with Gasteiger partial charge in [0.25, 0.3) is 0 Å². The lowest BCUT2D eigenvalue weighted by Gasteiger charge is -2.17. The summed E-state index contributed by atoms with van der Waals surface area (Å²) in [6, 6.07) is 28.3. The molecule has 0 spiro atoms. The standard InChI is InChI=1S/C23H20ClN3OS/c1-27-21(16-28-20-15-9-8-14-19(20)24)25-26-23(27)29-22(17-10-4-2-5-11-17)18-12-6-3-7-13-18/h2-15,22H,16H2,1H3. The summed E-state index contributed by atoms with van der Waals surface area (Å²) < 4.78 is 7.80. The predicted octanol–water partition coefficient (Wildman–Crippen LogP) is 5.93. The second-order valence-electron chi connectivity index (χ2n) is 6.50. The van der Waals surface area contributed by atoms with E-state index in [1.165, 1.54) is 11.1 Å². The first-order valence-corrected chi connectivity index (χ1v) is 10.5. The monoisotopic (exact) mass is 421 g/mol. The molecule has 0 aliphatic carbocycles. The van der Waals surface area contributed by atoms with Crippen LogP contribution >= 0.6 is 23.4 Å². The van der Waals surface area contributed by atoms with Crippen LogP contribution in [0.1, 0.15) is 22.2 Å². The van der Waals surface area contributed by atoms with Crippen molar-refractivity contribution < 1.29 is 4.74 Å². The molecule has 3 aromatic carbocycles. The van der Waals surface area contributed by atoms with Crippen LogP contribution in [0, 0.1) is 0 Å². The SMILES string of the molecule is Cn1c(COc2ccccc2Cl)nnc1SC(c1ccccc1)c1ccccc1. The van der Waals surface area contributed by atoms with Crippen molar-refractivity contribution in [1.29, 1.82) is 0 Å². The van der Waals surface area contributed by atoms with Crippen LogP contribution in [0.2, 0.25) is 5.02 Å². The third-order valence-corrected chi connectivity index (χ3v) is 6.21. The molecule has 0 unspecified atom stereocenters. The molecule has 29 heavy (non-hydrogen) atoms. The van der Waals surface area contributed by atoms with Gasteiger partial charge in [-0.3, -0.25) is 0 Å². The molecule has 0 atom stereocenters. The molecule has 4 nitrogen and oxygen atoms in total. The molecular formula is C23H20ClN3OS. The first kappa shape index (κ1) is 19.6. The van der Waals surface area contributed by atoms with Crippen LogP contribution in [0.3, 0.4) is 0 Å². The zero-order valence-electron chi connectivity index (χ0n) is 15.9. The van der Waals surface area contributed by atoms with Crippen LogP contribution < -0.4 is 4.74 Å². The summed E-state index contributed by atoms with van der Waals surface area (Å²) in [6.07, 6.45) is 0. The number of halogens is 1. The Balaban J connectivity index is 1.55. The lowest BCUT2D eigenvalue weighted by atomic mass is 10.0. The van der Waals surface area contributed by atoms with Crippen LogP contribution in [0.25, 0.3) is 0 Å². The predicted molar refractivity (Wildman–Crippen MR) is 117 cm³/mol. The van der Waals surface area contributed by atoms with Gasteiger partial charge in [-0.25, -0.2) is 0 Å². The maximum atomic E-state index is 6.17. The summed E-state index contributed by atoms with van der Waals surface area (Å²) in [5, 5.41) is 10.3. The molecule has 0 radical (unpaired) electrons. The van der Waals surface area contributed by atoms with Crippen molar-refractivity contribution in [2.75, 3.05) is 0 Å². The maximum absolute atomic E-state index is 6.17. The second kappa shape index (κ2) is 9.16. The quantitative estimate of drug-likeness (QED) is 0.347. The largest absolute Gasteiger partial charge is 0.484 e. The molecule has 0 amide bonds. The number of nitrogens with zero attached hydrogens (tertiary/aromatic N) is 3.